The first-order chi connectivity index (χ1) is 9.22. The summed E-state index contributed by atoms with van der Waals surface area (Å²) in [6, 6.07) is 1.73. The second kappa shape index (κ2) is 5.13. The summed E-state index contributed by atoms with van der Waals surface area (Å²) in [6.07, 6.45) is 5.81. The molecule has 0 fully saturated rings. The van der Waals surface area contributed by atoms with Gasteiger partial charge in [-0.1, -0.05) is 6.42 Å². The first kappa shape index (κ1) is 12.3. The summed E-state index contributed by atoms with van der Waals surface area (Å²) in [4.78, 5) is 17.8. The number of nitrogens with zero attached hydrogens (tertiary/aromatic N) is 2. The summed E-state index contributed by atoms with van der Waals surface area (Å²) in [5.74, 6) is -0.201. The Morgan fingerprint density at radius 1 is 1.37 bits per heavy atom. The van der Waals surface area contributed by atoms with E-state index in [1.54, 1.807) is 17.4 Å². The van der Waals surface area contributed by atoms with Crippen LogP contribution >= 0.6 is 11.3 Å². The molecule has 5 nitrogen and oxygen atoms in total. The minimum absolute atomic E-state index is 0.201. The average molecular weight is 276 g/mol. The lowest BCUT2D eigenvalue weighted by Crippen LogP contribution is -2.12. The van der Waals surface area contributed by atoms with Crippen LogP contribution in [0, 0.1) is 6.92 Å². The fourth-order valence-corrected chi connectivity index (χ4v) is 3.32. The van der Waals surface area contributed by atoms with E-state index in [-0.39, 0.29) is 5.91 Å². The van der Waals surface area contributed by atoms with Crippen molar-refractivity contribution < 1.29 is 4.79 Å². The topological polar surface area (TPSA) is 70.7 Å². The van der Waals surface area contributed by atoms with Gasteiger partial charge < -0.3 is 0 Å². The third-order valence-electron chi connectivity index (χ3n) is 3.25. The van der Waals surface area contributed by atoms with Crippen LogP contribution in [-0.4, -0.2) is 21.1 Å². The highest BCUT2D eigenvalue weighted by Gasteiger charge is 2.16. The van der Waals surface area contributed by atoms with Crippen molar-refractivity contribution in [2.24, 2.45) is 0 Å². The molecule has 0 spiro atoms. The molecular formula is C13H16N4OS. The van der Waals surface area contributed by atoms with E-state index in [1.165, 1.54) is 24.1 Å². The van der Waals surface area contributed by atoms with Crippen molar-refractivity contribution >= 4 is 22.4 Å². The number of H-pyrrole nitrogens is 1. The molecule has 0 aliphatic heterocycles. The van der Waals surface area contributed by atoms with Gasteiger partial charge in [-0.2, -0.15) is 5.10 Å². The zero-order chi connectivity index (χ0) is 13.2. The molecule has 6 heteroatoms. The summed E-state index contributed by atoms with van der Waals surface area (Å²) in [7, 11) is 0. The maximum absolute atomic E-state index is 12.0. The predicted molar refractivity (Wildman–Crippen MR) is 74.7 cm³/mol. The summed E-state index contributed by atoms with van der Waals surface area (Å²) in [5.41, 5.74) is 2.44. The van der Waals surface area contributed by atoms with Crippen LogP contribution < -0.4 is 5.32 Å². The van der Waals surface area contributed by atoms with Crippen molar-refractivity contribution in [3.8, 4) is 0 Å². The van der Waals surface area contributed by atoms with Crippen molar-refractivity contribution in [2.45, 2.75) is 39.0 Å². The Morgan fingerprint density at radius 2 is 2.21 bits per heavy atom. The number of aromatic amines is 1. The largest absolute Gasteiger partial charge is 0.296 e. The fraction of sp³-hybridized carbons (Fsp3) is 0.462. The van der Waals surface area contributed by atoms with E-state index in [9.17, 15) is 4.79 Å². The molecular weight excluding hydrogens is 260 g/mol. The van der Waals surface area contributed by atoms with Gasteiger partial charge in [0.2, 0.25) is 0 Å². The molecule has 100 valence electrons. The van der Waals surface area contributed by atoms with Gasteiger partial charge >= 0.3 is 0 Å². The highest BCUT2D eigenvalue weighted by Crippen LogP contribution is 2.29. The van der Waals surface area contributed by atoms with E-state index in [4.69, 9.17) is 0 Å². The molecule has 3 rings (SSSR count). The van der Waals surface area contributed by atoms with Crippen molar-refractivity contribution in [3.05, 3.63) is 28.0 Å². The third kappa shape index (κ3) is 2.68. The van der Waals surface area contributed by atoms with Gasteiger partial charge in [-0.05, 0) is 38.7 Å². The van der Waals surface area contributed by atoms with Gasteiger partial charge in [-0.3, -0.25) is 15.2 Å². The molecule has 1 aliphatic rings. The second-order valence-electron chi connectivity index (χ2n) is 4.84. The van der Waals surface area contributed by atoms with Crippen molar-refractivity contribution in [2.75, 3.05) is 5.32 Å². The average Bonchev–Trinajstić information content (AvgIpc) is 2.91. The Hall–Kier alpha value is -1.69. The lowest BCUT2D eigenvalue weighted by Gasteiger charge is -1.97. The van der Waals surface area contributed by atoms with E-state index in [0.717, 1.165) is 24.2 Å². The van der Waals surface area contributed by atoms with E-state index in [1.807, 2.05) is 6.92 Å². The summed E-state index contributed by atoms with van der Waals surface area (Å²) < 4.78 is 0. The molecule has 0 unspecified atom stereocenters. The number of aryl methyl sites for hydroxylation is 3. The molecule has 1 aliphatic carbocycles. The Bertz CT molecular complexity index is 578. The number of carbonyl (C=O) groups excluding carboxylic acids is 1. The molecule has 0 radical (unpaired) electrons. The van der Waals surface area contributed by atoms with E-state index < -0.39 is 0 Å². The lowest BCUT2D eigenvalue weighted by atomic mass is 10.2. The molecule has 1 amide bonds. The SMILES string of the molecule is Cc1cc(C(=O)Nc2nc3c(s2)CCCCC3)n[nH]1. The first-order valence-electron chi connectivity index (χ1n) is 6.54. The number of hydrogen-bond donors (Lipinski definition) is 2. The zero-order valence-corrected chi connectivity index (χ0v) is 11.6. The van der Waals surface area contributed by atoms with Gasteiger partial charge in [0.1, 0.15) is 0 Å². The predicted octanol–water partition coefficient (Wildman–Crippen LogP) is 2.70. The van der Waals surface area contributed by atoms with Gasteiger partial charge in [0, 0.05) is 10.6 Å². The van der Waals surface area contributed by atoms with Crippen LogP contribution in [0.3, 0.4) is 0 Å². The van der Waals surface area contributed by atoms with Crippen molar-refractivity contribution in [1.29, 1.82) is 0 Å². The van der Waals surface area contributed by atoms with Crippen molar-refractivity contribution in [3.63, 3.8) is 0 Å². The highest BCUT2D eigenvalue weighted by molar-refractivity contribution is 7.15. The number of thiazole rings is 1. The molecule has 2 heterocycles. The Balaban J connectivity index is 1.75. The quantitative estimate of drug-likeness (QED) is 0.828. The normalized spacial score (nSPS) is 14.8. The molecule has 0 saturated carbocycles. The van der Waals surface area contributed by atoms with Crippen molar-refractivity contribution in [1.82, 2.24) is 15.2 Å². The number of carbonyl (C=O) groups is 1. The van der Waals surface area contributed by atoms with E-state index in [2.05, 4.69) is 20.5 Å². The molecule has 2 aromatic heterocycles. The molecule has 19 heavy (non-hydrogen) atoms. The zero-order valence-electron chi connectivity index (χ0n) is 10.8. The third-order valence-corrected chi connectivity index (χ3v) is 4.33. The minimum Gasteiger partial charge on any atom is -0.296 e. The van der Waals surface area contributed by atoms with Crippen LogP contribution in [0.2, 0.25) is 0 Å². The minimum atomic E-state index is -0.201. The molecule has 2 N–H and O–H groups in total. The maximum atomic E-state index is 12.0. The number of nitrogens with one attached hydrogen (secondary N) is 2. The number of aromatic nitrogens is 3. The van der Waals surface area contributed by atoms with Crippen LogP contribution in [-0.2, 0) is 12.8 Å². The molecule has 0 aromatic carbocycles. The van der Waals surface area contributed by atoms with Gasteiger partial charge in [0.25, 0.3) is 5.91 Å². The number of anilines is 1. The number of fused-ring (bicyclic) bond motifs is 1. The van der Waals surface area contributed by atoms with Crippen LogP contribution in [0.15, 0.2) is 6.07 Å². The van der Waals surface area contributed by atoms with Gasteiger partial charge in [0.15, 0.2) is 10.8 Å². The molecule has 2 aromatic rings. The Morgan fingerprint density at radius 3 is 3.00 bits per heavy atom. The lowest BCUT2D eigenvalue weighted by molar-refractivity contribution is 0.102. The molecule has 0 bridgehead atoms. The summed E-state index contributed by atoms with van der Waals surface area (Å²) in [5, 5.41) is 10.2. The standard InChI is InChI=1S/C13H16N4OS/c1-8-7-10(17-16-8)12(18)15-13-14-9-5-3-2-4-6-11(9)19-13/h7H,2-6H2,1H3,(H,16,17)(H,14,15,18). The van der Waals surface area contributed by atoms with Gasteiger partial charge in [-0.15, -0.1) is 11.3 Å². The monoisotopic (exact) mass is 276 g/mol. The molecule has 0 atom stereocenters. The van der Waals surface area contributed by atoms with Crippen LogP contribution in [0.4, 0.5) is 5.13 Å². The summed E-state index contributed by atoms with van der Waals surface area (Å²) in [6.45, 7) is 1.87. The smallest absolute Gasteiger partial charge is 0.277 e. The second-order valence-corrected chi connectivity index (χ2v) is 5.92. The Kier molecular flexibility index (Phi) is 3.33. The van der Waals surface area contributed by atoms with Gasteiger partial charge in [-0.25, -0.2) is 4.98 Å². The first-order valence-corrected chi connectivity index (χ1v) is 7.36. The fourth-order valence-electron chi connectivity index (χ4n) is 2.28. The highest BCUT2D eigenvalue weighted by atomic mass is 32.1. The van der Waals surface area contributed by atoms with Crippen LogP contribution in [0.25, 0.3) is 0 Å². The Labute approximate surface area is 115 Å². The number of amides is 1. The number of rotatable bonds is 2. The van der Waals surface area contributed by atoms with Crippen LogP contribution in [0.1, 0.15) is 46.0 Å². The molecule has 0 saturated heterocycles. The van der Waals surface area contributed by atoms with E-state index >= 15 is 0 Å². The van der Waals surface area contributed by atoms with E-state index in [0.29, 0.717) is 10.8 Å². The summed E-state index contributed by atoms with van der Waals surface area (Å²) >= 11 is 1.60. The number of hydrogen-bond acceptors (Lipinski definition) is 4. The van der Waals surface area contributed by atoms with Gasteiger partial charge in [0.05, 0.1) is 5.69 Å². The maximum Gasteiger partial charge on any atom is 0.277 e. The van der Waals surface area contributed by atoms with Crippen LogP contribution in [0.5, 0.6) is 0 Å².